The summed E-state index contributed by atoms with van der Waals surface area (Å²) < 4.78 is 5.74. The number of aryl methyl sites for hydroxylation is 1. The van der Waals surface area contributed by atoms with Gasteiger partial charge in [0.05, 0.1) is 17.6 Å². The standard InChI is InChI=1S/C23H23N3O4S3/c1-30-15-8-4-2-6-13(15)12-17-22(29)26(23(31)33-17)11-10-18(27)25-21-19(20(24)28)14-7-3-5-9-16(14)32-21/h2,4,6,8,12H,3,5,7,9-11H2,1H3,(H2,24,28)(H,25,27). The van der Waals surface area contributed by atoms with Crippen molar-refractivity contribution in [3.05, 3.63) is 50.7 Å². The summed E-state index contributed by atoms with van der Waals surface area (Å²) in [6, 6.07) is 7.39. The molecule has 0 spiro atoms. The summed E-state index contributed by atoms with van der Waals surface area (Å²) in [6.45, 7) is 0.150. The van der Waals surface area contributed by atoms with Crippen molar-refractivity contribution in [2.24, 2.45) is 5.73 Å². The van der Waals surface area contributed by atoms with Crippen LogP contribution in [-0.4, -0.2) is 40.6 Å². The summed E-state index contributed by atoms with van der Waals surface area (Å²) >= 11 is 7.99. The second-order valence-electron chi connectivity index (χ2n) is 7.65. The number of methoxy groups -OCH3 is 1. The van der Waals surface area contributed by atoms with E-state index in [0.717, 1.165) is 41.7 Å². The first-order chi connectivity index (χ1) is 15.9. The van der Waals surface area contributed by atoms with Gasteiger partial charge in [0.1, 0.15) is 15.1 Å². The van der Waals surface area contributed by atoms with Crippen LogP contribution in [0.25, 0.3) is 6.08 Å². The Bertz CT molecular complexity index is 1170. The maximum atomic E-state index is 12.9. The number of amides is 3. The molecule has 2 aromatic rings. The highest BCUT2D eigenvalue weighted by Gasteiger charge is 2.32. The minimum absolute atomic E-state index is 0.0507. The number of nitrogens with zero attached hydrogens (tertiary/aromatic N) is 1. The number of thiophene rings is 1. The van der Waals surface area contributed by atoms with Crippen molar-refractivity contribution in [2.75, 3.05) is 19.0 Å². The number of benzene rings is 1. The van der Waals surface area contributed by atoms with Crippen LogP contribution >= 0.6 is 35.3 Å². The fraction of sp³-hybridized carbons (Fsp3) is 0.304. The first-order valence-electron chi connectivity index (χ1n) is 10.5. The van der Waals surface area contributed by atoms with Gasteiger partial charge in [-0.1, -0.05) is 42.2 Å². The van der Waals surface area contributed by atoms with Gasteiger partial charge in [0.15, 0.2) is 0 Å². The molecule has 1 aromatic carbocycles. The van der Waals surface area contributed by atoms with Crippen LogP contribution in [0, 0.1) is 0 Å². The largest absolute Gasteiger partial charge is 0.496 e. The van der Waals surface area contributed by atoms with Gasteiger partial charge in [-0.3, -0.25) is 19.3 Å². The number of hydrogen-bond acceptors (Lipinski definition) is 7. The van der Waals surface area contributed by atoms with E-state index in [0.29, 0.717) is 25.5 Å². The number of nitrogens with one attached hydrogen (secondary N) is 1. The van der Waals surface area contributed by atoms with Crippen LogP contribution < -0.4 is 15.8 Å². The van der Waals surface area contributed by atoms with E-state index in [2.05, 4.69) is 5.32 Å². The summed E-state index contributed by atoms with van der Waals surface area (Å²) in [6.07, 6.45) is 5.56. The number of thioether (sulfide) groups is 1. The molecule has 172 valence electrons. The summed E-state index contributed by atoms with van der Waals surface area (Å²) in [5, 5.41) is 3.33. The van der Waals surface area contributed by atoms with E-state index in [9.17, 15) is 14.4 Å². The summed E-state index contributed by atoms with van der Waals surface area (Å²) in [5.74, 6) is -0.402. The molecule has 0 bridgehead atoms. The number of anilines is 1. The van der Waals surface area contributed by atoms with Crippen LogP contribution in [0.1, 0.15) is 45.6 Å². The molecule has 2 heterocycles. The van der Waals surface area contributed by atoms with Crippen LogP contribution in [0.4, 0.5) is 5.00 Å². The number of ether oxygens (including phenoxy) is 1. The molecule has 33 heavy (non-hydrogen) atoms. The quantitative estimate of drug-likeness (QED) is 0.440. The Morgan fingerprint density at radius 3 is 2.79 bits per heavy atom. The van der Waals surface area contributed by atoms with Crippen LogP contribution in [0.2, 0.25) is 0 Å². The molecule has 1 aliphatic heterocycles. The molecule has 0 saturated carbocycles. The van der Waals surface area contributed by atoms with Crippen molar-refractivity contribution in [3.63, 3.8) is 0 Å². The third-order valence-electron chi connectivity index (χ3n) is 5.53. The Labute approximate surface area is 205 Å². The van der Waals surface area contributed by atoms with Crippen molar-refractivity contribution >= 4 is 68.4 Å². The molecular formula is C23H23N3O4S3. The Hall–Kier alpha value is -2.69. The zero-order chi connectivity index (χ0) is 23.5. The predicted octanol–water partition coefficient (Wildman–Crippen LogP) is 3.96. The number of hydrogen-bond donors (Lipinski definition) is 2. The fourth-order valence-electron chi connectivity index (χ4n) is 3.94. The third-order valence-corrected chi connectivity index (χ3v) is 8.12. The molecule has 4 rings (SSSR count). The number of rotatable bonds is 7. The van der Waals surface area contributed by atoms with E-state index < -0.39 is 5.91 Å². The van der Waals surface area contributed by atoms with Crippen molar-refractivity contribution in [1.82, 2.24) is 4.90 Å². The monoisotopic (exact) mass is 501 g/mol. The summed E-state index contributed by atoms with van der Waals surface area (Å²) in [7, 11) is 1.57. The highest BCUT2D eigenvalue weighted by atomic mass is 32.2. The lowest BCUT2D eigenvalue weighted by molar-refractivity contribution is -0.122. The van der Waals surface area contributed by atoms with Crippen molar-refractivity contribution < 1.29 is 19.1 Å². The first-order valence-corrected chi connectivity index (χ1v) is 12.6. The smallest absolute Gasteiger partial charge is 0.266 e. The topological polar surface area (TPSA) is 102 Å². The number of fused-ring (bicyclic) bond motifs is 1. The maximum absolute atomic E-state index is 12.9. The highest BCUT2D eigenvalue weighted by Crippen LogP contribution is 2.38. The predicted molar refractivity (Wildman–Crippen MR) is 136 cm³/mol. The molecule has 1 aliphatic carbocycles. The Morgan fingerprint density at radius 2 is 2.03 bits per heavy atom. The number of primary amides is 1. The van der Waals surface area contributed by atoms with Crippen molar-refractivity contribution in [1.29, 1.82) is 0 Å². The lowest BCUT2D eigenvalue weighted by Crippen LogP contribution is -2.31. The molecule has 10 heteroatoms. The van der Waals surface area contributed by atoms with Crippen LogP contribution in [0.3, 0.4) is 0 Å². The molecule has 2 aliphatic rings. The highest BCUT2D eigenvalue weighted by molar-refractivity contribution is 8.26. The van der Waals surface area contributed by atoms with Crippen molar-refractivity contribution in [2.45, 2.75) is 32.1 Å². The van der Waals surface area contributed by atoms with Gasteiger partial charge in [-0.2, -0.15) is 0 Å². The van der Waals surface area contributed by atoms with Crippen molar-refractivity contribution in [3.8, 4) is 5.75 Å². The fourth-order valence-corrected chi connectivity index (χ4v) is 6.55. The number of carbonyl (C=O) groups is 3. The first kappa shape index (κ1) is 23.5. The number of para-hydroxylation sites is 1. The minimum atomic E-state index is -0.525. The van der Waals surface area contributed by atoms with E-state index in [1.54, 1.807) is 13.2 Å². The molecule has 1 fully saturated rings. The Kier molecular flexibility index (Phi) is 7.16. The molecule has 3 N–H and O–H groups in total. The van der Waals surface area contributed by atoms with Gasteiger partial charge >= 0.3 is 0 Å². The third kappa shape index (κ3) is 4.97. The average molecular weight is 502 g/mol. The van der Waals surface area contributed by atoms with E-state index in [1.165, 1.54) is 28.0 Å². The molecule has 0 atom stereocenters. The van der Waals surface area contributed by atoms with Crippen LogP contribution in [0.15, 0.2) is 29.2 Å². The van der Waals surface area contributed by atoms with Crippen LogP contribution in [0.5, 0.6) is 5.75 Å². The number of thiocarbonyl (C=S) groups is 1. The molecule has 0 radical (unpaired) electrons. The van der Waals surface area contributed by atoms with Gasteiger partial charge < -0.3 is 15.8 Å². The molecular weight excluding hydrogens is 478 g/mol. The normalized spacial score (nSPS) is 16.8. The number of carbonyl (C=O) groups excluding carboxylic acids is 3. The zero-order valence-corrected chi connectivity index (χ0v) is 20.5. The second-order valence-corrected chi connectivity index (χ2v) is 10.4. The lowest BCUT2D eigenvalue weighted by atomic mass is 9.95. The molecule has 7 nitrogen and oxygen atoms in total. The van der Waals surface area contributed by atoms with Gasteiger partial charge in [0.2, 0.25) is 5.91 Å². The SMILES string of the molecule is COc1ccccc1C=C1SC(=S)N(CCC(=O)Nc2sc3c(c2C(N)=O)CCCC3)C1=O. The van der Waals surface area contributed by atoms with E-state index >= 15 is 0 Å². The molecule has 1 aromatic heterocycles. The number of nitrogens with two attached hydrogens (primary N) is 1. The van der Waals surface area contributed by atoms with Gasteiger partial charge in [-0.25, -0.2) is 0 Å². The Morgan fingerprint density at radius 1 is 1.27 bits per heavy atom. The molecule has 1 saturated heterocycles. The van der Waals surface area contributed by atoms with E-state index in [1.807, 2.05) is 24.3 Å². The Balaban J connectivity index is 1.42. The molecule has 0 unspecified atom stereocenters. The van der Waals surface area contributed by atoms with Gasteiger partial charge in [0, 0.05) is 23.4 Å². The maximum Gasteiger partial charge on any atom is 0.266 e. The van der Waals surface area contributed by atoms with Gasteiger partial charge in [0.25, 0.3) is 11.8 Å². The van der Waals surface area contributed by atoms with Gasteiger partial charge in [-0.15, -0.1) is 11.3 Å². The molecule has 3 amide bonds. The van der Waals surface area contributed by atoms with Gasteiger partial charge in [-0.05, 0) is 43.4 Å². The summed E-state index contributed by atoms with van der Waals surface area (Å²) in [4.78, 5) is 40.6. The minimum Gasteiger partial charge on any atom is -0.496 e. The second kappa shape index (κ2) is 10.1. The summed E-state index contributed by atoms with van der Waals surface area (Å²) in [5.41, 5.74) is 7.76. The lowest BCUT2D eigenvalue weighted by Gasteiger charge is -2.14. The zero-order valence-electron chi connectivity index (χ0n) is 18.0. The van der Waals surface area contributed by atoms with Crippen LogP contribution in [-0.2, 0) is 22.4 Å². The average Bonchev–Trinajstić information content (AvgIpc) is 3.29. The van der Waals surface area contributed by atoms with E-state index in [-0.39, 0.29) is 24.8 Å². The van der Waals surface area contributed by atoms with E-state index in [4.69, 9.17) is 22.7 Å².